The molecule has 0 aromatic heterocycles. The quantitative estimate of drug-likeness (QED) is 0.795. The van der Waals surface area contributed by atoms with Gasteiger partial charge in [0.05, 0.1) is 6.04 Å². The van der Waals surface area contributed by atoms with Crippen LogP contribution in [0.3, 0.4) is 0 Å². The van der Waals surface area contributed by atoms with Gasteiger partial charge in [0.15, 0.2) is 0 Å². The number of urea groups is 1. The second kappa shape index (κ2) is 5.87. The molecule has 5 nitrogen and oxygen atoms in total. The van der Waals surface area contributed by atoms with Gasteiger partial charge in [0.1, 0.15) is 0 Å². The van der Waals surface area contributed by atoms with Crippen LogP contribution in [-0.2, 0) is 10.2 Å². The maximum absolute atomic E-state index is 12.4. The molecule has 124 valence electrons. The maximum Gasteiger partial charge on any atom is 0.319 e. The third kappa shape index (κ3) is 2.58. The Morgan fingerprint density at radius 2 is 1.78 bits per heavy atom. The van der Waals surface area contributed by atoms with Gasteiger partial charge in [0, 0.05) is 46.1 Å². The first-order chi connectivity index (χ1) is 11.0. The Bertz CT molecular complexity index is 602. The molecule has 3 amide bonds. The number of benzene rings is 1. The Morgan fingerprint density at radius 3 is 2.39 bits per heavy atom. The number of likely N-dealkylation sites (tertiary alicyclic amines) is 2. The summed E-state index contributed by atoms with van der Waals surface area (Å²) in [6.07, 6.45) is 1.89. The van der Waals surface area contributed by atoms with Crippen molar-refractivity contribution < 1.29 is 9.59 Å². The van der Waals surface area contributed by atoms with E-state index in [0.717, 1.165) is 25.9 Å². The molecule has 1 aromatic rings. The fourth-order valence-corrected chi connectivity index (χ4v) is 4.22. The molecule has 0 unspecified atom stereocenters. The molecule has 0 saturated carbocycles. The van der Waals surface area contributed by atoms with Gasteiger partial charge in [-0.25, -0.2) is 4.79 Å². The van der Waals surface area contributed by atoms with Crippen LogP contribution in [0.15, 0.2) is 30.3 Å². The molecular weight excluding hydrogens is 290 g/mol. The average molecular weight is 315 g/mol. The van der Waals surface area contributed by atoms with Crippen molar-refractivity contribution in [2.75, 3.05) is 33.7 Å². The zero-order valence-corrected chi connectivity index (χ0v) is 14.2. The molecule has 2 fully saturated rings. The first kappa shape index (κ1) is 15.8. The Kier molecular flexibility index (Phi) is 4.04. The normalized spacial score (nSPS) is 26.8. The SMILES string of the molecule is CC(=O)N1CC[C@@]2(c3ccccc3)CCN(C(=O)N(C)C)C[C@@H]12. The predicted octanol–water partition coefficient (Wildman–Crippen LogP) is 1.93. The van der Waals surface area contributed by atoms with Crippen LogP contribution in [0, 0.1) is 0 Å². The van der Waals surface area contributed by atoms with Crippen molar-refractivity contribution in [2.45, 2.75) is 31.2 Å². The van der Waals surface area contributed by atoms with Gasteiger partial charge in [-0.1, -0.05) is 30.3 Å². The number of nitrogens with zero attached hydrogens (tertiary/aromatic N) is 3. The topological polar surface area (TPSA) is 43.9 Å². The van der Waals surface area contributed by atoms with Gasteiger partial charge in [0.25, 0.3) is 0 Å². The largest absolute Gasteiger partial charge is 0.337 e. The number of amides is 3. The van der Waals surface area contributed by atoms with Gasteiger partial charge in [-0.3, -0.25) is 4.79 Å². The van der Waals surface area contributed by atoms with Crippen LogP contribution in [0.5, 0.6) is 0 Å². The molecule has 23 heavy (non-hydrogen) atoms. The van der Waals surface area contributed by atoms with Gasteiger partial charge < -0.3 is 14.7 Å². The van der Waals surface area contributed by atoms with Crippen LogP contribution >= 0.6 is 0 Å². The van der Waals surface area contributed by atoms with Gasteiger partial charge in [-0.05, 0) is 18.4 Å². The summed E-state index contributed by atoms with van der Waals surface area (Å²) in [5.74, 6) is 0.104. The monoisotopic (exact) mass is 315 g/mol. The second-order valence-electron chi connectivity index (χ2n) is 6.87. The third-order valence-corrected chi connectivity index (χ3v) is 5.44. The van der Waals surface area contributed by atoms with E-state index in [2.05, 4.69) is 24.3 Å². The molecule has 0 spiro atoms. The minimum absolute atomic E-state index is 0.0178. The molecule has 3 rings (SSSR count). The molecule has 1 aromatic carbocycles. The minimum Gasteiger partial charge on any atom is -0.337 e. The van der Waals surface area contributed by atoms with E-state index in [1.54, 1.807) is 25.9 Å². The van der Waals surface area contributed by atoms with Crippen molar-refractivity contribution in [1.82, 2.24) is 14.7 Å². The van der Waals surface area contributed by atoms with Gasteiger partial charge in [-0.15, -0.1) is 0 Å². The Hall–Kier alpha value is -2.04. The number of carbonyl (C=O) groups is 2. The molecule has 2 aliphatic rings. The lowest BCUT2D eigenvalue weighted by atomic mass is 9.69. The summed E-state index contributed by atoms with van der Waals surface area (Å²) in [4.78, 5) is 29.9. The number of carbonyl (C=O) groups excluding carboxylic acids is 2. The summed E-state index contributed by atoms with van der Waals surface area (Å²) >= 11 is 0. The molecule has 0 bridgehead atoms. The molecule has 0 radical (unpaired) electrons. The van der Waals surface area contributed by atoms with Crippen molar-refractivity contribution in [2.24, 2.45) is 0 Å². The molecule has 5 heteroatoms. The third-order valence-electron chi connectivity index (χ3n) is 5.44. The lowest BCUT2D eigenvalue weighted by Gasteiger charge is -2.46. The first-order valence-electron chi connectivity index (χ1n) is 8.25. The van der Waals surface area contributed by atoms with E-state index in [0.29, 0.717) is 6.54 Å². The predicted molar refractivity (Wildman–Crippen MR) is 89.2 cm³/mol. The van der Waals surface area contributed by atoms with Gasteiger partial charge >= 0.3 is 6.03 Å². The van der Waals surface area contributed by atoms with E-state index in [-0.39, 0.29) is 23.4 Å². The van der Waals surface area contributed by atoms with Crippen molar-refractivity contribution in [3.05, 3.63) is 35.9 Å². The van der Waals surface area contributed by atoms with Crippen molar-refractivity contribution in [3.8, 4) is 0 Å². The summed E-state index contributed by atoms with van der Waals surface area (Å²) in [5.41, 5.74) is 1.28. The molecule has 2 saturated heterocycles. The fourth-order valence-electron chi connectivity index (χ4n) is 4.22. The lowest BCUT2D eigenvalue weighted by Crippen LogP contribution is -2.58. The highest BCUT2D eigenvalue weighted by Gasteiger charge is 2.52. The Labute approximate surface area is 137 Å². The average Bonchev–Trinajstić information content (AvgIpc) is 2.94. The Balaban J connectivity index is 1.94. The van der Waals surface area contributed by atoms with E-state index in [1.165, 1.54) is 5.56 Å². The van der Waals surface area contributed by atoms with Crippen LogP contribution in [0.1, 0.15) is 25.3 Å². The fraction of sp³-hybridized carbons (Fsp3) is 0.556. The molecular formula is C18H25N3O2. The van der Waals surface area contributed by atoms with E-state index in [9.17, 15) is 9.59 Å². The van der Waals surface area contributed by atoms with Crippen molar-refractivity contribution in [1.29, 1.82) is 0 Å². The number of fused-ring (bicyclic) bond motifs is 1. The van der Waals surface area contributed by atoms with Crippen molar-refractivity contribution in [3.63, 3.8) is 0 Å². The highest BCUT2D eigenvalue weighted by molar-refractivity contribution is 5.76. The van der Waals surface area contributed by atoms with Crippen LogP contribution in [0.25, 0.3) is 0 Å². The lowest BCUT2D eigenvalue weighted by molar-refractivity contribution is -0.130. The highest BCUT2D eigenvalue weighted by Crippen LogP contribution is 2.45. The second-order valence-corrected chi connectivity index (χ2v) is 6.87. The zero-order valence-electron chi connectivity index (χ0n) is 14.2. The van der Waals surface area contributed by atoms with E-state index < -0.39 is 0 Å². The summed E-state index contributed by atoms with van der Waals surface area (Å²) in [6.45, 7) is 3.77. The van der Waals surface area contributed by atoms with Crippen LogP contribution in [0.2, 0.25) is 0 Å². The van der Waals surface area contributed by atoms with E-state index >= 15 is 0 Å². The molecule has 0 N–H and O–H groups in total. The first-order valence-corrected chi connectivity index (χ1v) is 8.25. The number of hydrogen-bond acceptors (Lipinski definition) is 2. The number of hydrogen-bond donors (Lipinski definition) is 0. The highest BCUT2D eigenvalue weighted by atomic mass is 16.2. The van der Waals surface area contributed by atoms with Gasteiger partial charge in [0.2, 0.25) is 5.91 Å². The summed E-state index contributed by atoms with van der Waals surface area (Å²) in [7, 11) is 3.55. The maximum atomic E-state index is 12.4. The standard InChI is InChI=1S/C18H25N3O2/c1-14(22)21-12-10-18(15-7-5-4-6-8-15)9-11-20(13-16(18)21)17(23)19(2)3/h4-8,16H,9-13H2,1-3H3/t16-,18-/m1/s1. The van der Waals surface area contributed by atoms with E-state index in [4.69, 9.17) is 0 Å². The Morgan fingerprint density at radius 1 is 1.13 bits per heavy atom. The van der Waals surface area contributed by atoms with Crippen LogP contribution in [0.4, 0.5) is 4.79 Å². The van der Waals surface area contributed by atoms with Gasteiger partial charge in [-0.2, -0.15) is 0 Å². The summed E-state index contributed by atoms with van der Waals surface area (Å²) in [5, 5.41) is 0. The van der Waals surface area contributed by atoms with Crippen LogP contribution in [-0.4, -0.2) is 66.4 Å². The molecule has 2 aliphatic heterocycles. The zero-order chi connectivity index (χ0) is 16.6. The smallest absolute Gasteiger partial charge is 0.319 e. The molecule has 2 atom stereocenters. The minimum atomic E-state index is -0.0178. The summed E-state index contributed by atoms with van der Waals surface area (Å²) < 4.78 is 0. The number of piperidine rings is 1. The molecule has 0 aliphatic carbocycles. The molecule has 2 heterocycles. The van der Waals surface area contributed by atoms with Crippen LogP contribution < -0.4 is 0 Å². The van der Waals surface area contributed by atoms with E-state index in [1.807, 2.05) is 15.9 Å². The van der Waals surface area contributed by atoms with Crippen molar-refractivity contribution >= 4 is 11.9 Å². The summed E-state index contributed by atoms with van der Waals surface area (Å²) in [6, 6.07) is 10.6. The number of rotatable bonds is 1.